The van der Waals surface area contributed by atoms with E-state index >= 15 is 0 Å². The first-order valence-corrected chi connectivity index (χ1v) is 9.81. The molecule has 0 rings (SSSR count). The fraction of sp³-hybridized carbons (Fsp3) is 0.778. The largest absolute Gasteiger partial charge is 0.481 e. The SMILES string of the molecule is CC(C)(CCCCSCCCCC(C)(C)C(=O)NC#N)C(=O)O.N#CN. The third-order valence-electron chi connectivity index (χ3n) is 4.04. The monoisotopic (exact) mass is 384 g/mol. The van der Waals surface area contributed by atoms with Gasteiger partial charge in [0.2, 0.25) is 5.91 Å². The van der Waals surface area contributed by atoms with Crippen LogP contribution in [0, 0.1) is 33.7 Å². The van der Waals surface area contributed by atoms with Crippen LogP contribution in [0.1, 0.15) is 66.2 Å². The number of carbonyl (C=O) groups excluding carboxylic acids is 1. The second kappa shape index (κ2) is 14.3. The Morgan fingerprint density at radius 2 is 1.42 bits per heavy atom. The van der Waals surface area contributed by atoms with E-state index in [2.05, 4.69) is 11.1 Å². The molecule has 0 saturated heterocycles. The quantitative estimate of drug-likeness (QED) is 0.266. The number of rotatable bonds is 12. The summed E-state index contributed by atoms with van der Waals surface area (Å²) in [5.74, 6) is 1.16. The van der Waals surface area contributed by atoms with Crippen molar-refractivity contribution in [2.45, 2.75) is 66.2 Å². The number of unbranched alkanes of at least 4 members (excludes halogenated alkanes) is 2. The summed E-state index contributed by atoms with van der Waals surface area (Å²) >= 11 is 1.88. The van der Waals surface area contributed by atoms with Gasteiger partial charge in [-0.15, -0.1) is 0 Å². The van der Waals surface area contributed by atoms with Gasteiger partial charge < -0.3 is 10.8 Å². The summed E-state index contributed by atoms with van der Waals surface area (Å²) in [4.78, 5) is 22.6. The Hall–Kier alpha value is -1.93. The summed E-state index contributed by atoms with van der Waals surface area (Å²) in [5.41, 5.74) is 3.03. The number of thioether (sulfide) groups is 1. The molecule has 0 aliphatic carbocycles. The predicted molar refractivity (Wildman–Crippen MR) is 104 cm³/mol. The van der Waals surface area contributed by atoms with Crippen LogP contribution in [0.5, 0.6) is 0 Å². The zero-order valence-electron chi connectivity index (χ0n) is 16.3. The topological polar surface area (TPSA) is 140 Å². The Morgan fingerprint density at radius 1 is 1.00 bits per heavy atom. The molecule has 8 heteroatoms. The van der Waals surface area contributed by atoms with Crippen molar-refractivity contribution >= 4 is 23.6 Å². The first kappa shape index (κ1) is 26.3. The van der Waals surface area contributed by atoms with Crippen LogP contribution in [0.15, 0.2) is 0 Å². The highest BCUT2D eigenvalue weighted by Crippen LogP contribution is 2.25. The van der Waals surface area contributed by atoms with Crippen LogP contribution in [0.3, 0.4) is 0 Å². The number of carbonyl (C=O) groups is 2. The number of aliphatic carboxylic acids is 1. The number of carboxylic acids is 1. The van der Waals surface area contributed by atoms with E-state index in [4.69, 9.17) is 15.6 Å². The van der Waals surface area contributed by atoms with E-state index < -0.39 is 16.8 Å². The second-order valence-corrected chi connectivity index (χ2v) is 8.52. The molecule has 0 aliphatic rings. The second-order valence-electron chi connectivity index (χ2n) is 7.29. The lowest BCUT2D eigenvalue weighted by atomic mass is 9.86. The molecular weight excluding hydrogens is 352 g/mol. The summed E-state index contributed by atoms with van der Waals surface area (Å²) < 4.78 is 0. The number of amides is 1. The molecule has 26 heavy (non-hydrogen) atoms. The minimum Gasteiger partial charge on any atom is -0.481 e. The third kappa shape index (κ3) is 13.4. The van der Waals surface area contributed by atoms with Gasteiger partial charge in [0.05, 0.1) is 5.41 Å². The summed E-state index contributed by atoms with van der Waals surface area (Å²) in [5, 5.41) is 26.8. The van der Waals surface area contributed by atoms with Crippen LogP contribution in [0.25, 0.3) is 0 Å². The molecule has 0 saturated carbocycles. The van der Waals surface area contributed by atoms with Crippen molar-refractivity contribution in [3.8, 4) is 12.4 Å². The summed E-state index contributed by atoms with van der Waals surface area (Å²) in [7, 11) is 0. The summed E-state index contributed by atoms with van der Waals surface area (Å²) in [6.45, 7) is 7.26. The minimum atomic E-state index is -0.729. The van der Waals surface area contributed by atoms with Crippen molar-refractivity contribution in [1.82, 2.24) is 5.32 Å². The van der Waals surface area contributed by atoms with Crippen molar-refractivity contribution in [3.05, 3.63) is 0 Å². The number of nitriles is 2. The molecule has 7 nitrogen and oxygen atoms in total. The van der Waals surface area contributed by atoms with Crippen LogP contribution in [0.4, 0.5) is 0 Å². The van der Waals surface area contributed by atoms with Crippen molar-refractivity contribution in [2.24, 2.45) is 16.6 Å². The molecule has 0 radical (unpaired) electrons. The van der Waals surface area contributed by atoms with Gasteiger partial charge in [0.1, 0.15) is 0 Å². The number of carboxylic acid groups (broad SMARTS) is 1. The molecule has 0 atom stereocenters. The van der Waals surface area contributed by atoms with Crippen LogP contribution >= 0.6 is 11.8 Å². The highest BCUT2D eigenvalue weighted by molar-refractivity contribution is 7.99. The first-order valence-electron chi connectivity index (χ1n) is 8.65. The highest BCUT2D eigenvalue weighted by Gasteiger charge is 2.27. The molecule has 0 bridgehead atoms. The molecule has 0 heterocycles. The van der Waals surface area contributed by atoms with Crippen molar-refractivity contribution in [1.29, 1.82) is 10.5 Å². The van der Waals surface area contributed by atoms with Crippen molar-refractivity contribution < 1.29 is 14.7 Å². The number of hydrogen-bond acceptors (Lipinski definition) is 6. The fourth-order valence-corrected chi connectivity index (χ4v) is 3.11. The van der Waals surface area contributed by atoms with Gasteiger partial charge in [0.15, 0.2) is 12.4 Å². The summed E-state index contributed by atoms with van der Waals surface area (Å²) in [6.07, 6.45) is 8.41. The molecule has 0 fully saturated rings. The first-order chi connectivity index (χ1) is 12.0. The van der Waals surface area contributed by atoms with Gasteiger partial charge in [-0.25, -0.2) is 0 Å². The van der Waals surface area contributed by atoms with Gasteiger partial charge in [0, 0.05) is 5.41 Å². The Balaban J connectivity index is 0. The normalized spacial score (nSPS) is 10.7. The standard InChI is InChI=1S/C17H30N2O3S.CH2N2/c1-16(2,14(20)19-13-18)9-5-7-11-23-12-8-6-10-17(3,4)15(21)22;2-1-3/h5-12H2,1-4H3,(H,19,20)(H,21,22);2H2. The zero-order valence-corrected chi connectivity index (χ0v) is 17.1. The maximum absolute atomic E-state index is 11.7. The molecule has 148 valence electrons. The number of nitrogens with zero attached hydrogens (tertiary/aromatic N) is 2. The molecule has 0 aromatic rings. The molecule has 0 unspecified atom stereocenters. The molecule has 1 amide bonds. The van der Waals surface area contributed by atoms with Gasteiger partial charge in [-0.1, -0.05) is 26.7 Å². The molecule has 4 N–H and O–H groups in total. The minimum absolute atomic E-state index is 0.214. The van der Waals surface area contributed by atoms with E-state index in [0.29, 0.717) is 6.42 Å². The lowest BCUT2D eigenvalue weighted by molar-refractivity contribution is -0.147. The maximum atomic E-state index is 11.7. The van der Waals surface area contributed by atoms with E-state index in [0.717, 1.165) is 43.6 Å². The molecule has 0 aromatic heterocycles. The molecular formula is C18H32N4O3S. The van der Waals surface area contributed by atoms with E-state index in [1.54, 1.807) is 20.0 Å². The number of nitrogens with two attached hydrogens (primary N) is 1. The van der Waals surface area contributed by atoms with Gasteiger partial charge in [0.25, 0.3) is 0 Å². The molecule has 0 spiro atoms. The average Bonchev–Trinajstić information content (AvgIpc) is 2.54. The Kier molecular flexibility index (Phi) is 14.4. The van der Waals surface area contributed by atoms with Crippen molar-refractivity contribution in [3.63, 3.8) is 0 Å². The summed E-state index contributed by atoms with van der Waals surface area (Å²) in [6, 6.07) is 0. The van der Waals surface area contributed by atoms with Gasteiger partial charge in [-0.3, -0.25) is 14.9 Å². The zero-order chi connectivity index (χ0) is 20.6. The van der Waals surface area contributed by atoms with Gasteiger partial charge >= 0.3 is 5.97 Å². The van der Waals surface area contributed by atoms with E-state index in [1.165, 1.54) is 6.19 Å². The molecule has 0 aliphatic heterocycles. The lowest BCUT2D eigenvalue weighted by Gasteiger charge is -2.21. The van der Waals surface area contributed by atoms with Crippen LogP contribution in [0.2, 0.25) is 0 Å². The number of nitrogens with one attached hydrogen (secondary N) is 1. The van der Waals surface area contributed by atoms with Crippen LogP contribution in [-0.4, -0.2) is 28.5 Å². The van der Waals surface area contributed by atoms with Crippen molar-refractivity contribution in [2.75, 3.05) is 11.5 Å². The lowest BCUT2D eigenvalue weighted by Crippen LogP contribution is -2.34. The van der Waals surface area contributed by atoms with E-state index in [1.807, 2.05) is 25.6 Å². The Morgan fingerprint density at radius 3 is 1.81 bits per heavy atom. The Bertz CT molecular complexity index is 508. The van der Waals surface area contributed by atoms with Gasteiger partial charge in [-0.2, -0.15) is 22.3 Å². The Labute approximate surface area is 161 Å². The fourth-order valence-electron chi connectivity index (χ4n) is 2.08. The van der Waals surface area contributed by atoms with E-state index in [9.17, 15) is 9.59 Å². The van der Waals surface area contributed by atoms with E-state index in [-0.39, 0.29) is 5.91 Å². The average molecular weight is 385 g/mol. The van der Waals surface area contributed by atoms with Gasteiger partial charge in [-0.05, 0) is 51.0 Å². The highest BCUT2D eigenvalue weighted by atomic mass is 32.2. The predicted octanol–water partition coefficient (Wildman–Crippen LogP) is 3.22. The van der Waals surface area contributed by atoms with Crippen LogP contribution in [-0.2, 0) is 9.59 Å². The molecule has 0 aromatic carbocycles. The van der Waals surface area contributed by atoms with Crippen LogP contribution < -0.4 is 11.1 Å². The maximum Gasteiger partial charge on any atom is 0.309 e. The third-order valence-corrected chi connectivity index (χ3v) is 5.20. The smallest absolute Gasteiger partial charge is 0.309 e. The number of hydrogen-bond donors (Lipinski definition) is 3.